The van der Waals surface area contributed by atoms with Crippen molar-refractivity contribution >= 4 is 29.6 Å². The summed E-state index contributed by atoms with van der Waals surface area (Å²) in [6.07, 6.45) is -2.34. The predicted molar refractivity (Wildman–Crippen MR) is 155 cm³/mol. The number of H-pyrrole nitrogens is 1. The fraction of sp³-hybridized carbons (Fsp3) is 0.483. The first-order valence-electron chi connectivity index (χ1n) is 13.9. The third-order valence-corrected chi connectivity index (χ3v) is 7.53. The number of carbonyl (C=O) groups is 4. The van der Waals surface area contributed by atoms with Crippen LogP contribution in [-0.2, 0) is 26.5 Å². The molecule has 0 saturated carbocycles. The number of carbonyl (C=O) groups excluding carboxylic acids is 3. The monoisotopic (exact) mass is 621 g/mol. The van der Waals surface area contributed by atoms with Crippen LogP contribution in [0.3, 0.4) is 0 Å². The number of benzene rings is 1. The van der Waals surface area contributed by atoms with Crippen molar-refractivity contribution in [2.24, 2.45) is 5.92 Å². The second-order valence-corrected chi connectivity index (χ2v) is 11.4. The van der Waals surface area contributed by atoms with E-state index in [-0.39, 0.29) is 29.8 Å². The van der Waals surface area contributed by atoms with Gasteiger partial charge in [-0.05, 0) is 52.4 Å². The molecule has 0 spiro atoms. The van der Waals surface area contributed by atoms with Gasteiger partial charge < -0.3 is 30.4 Å². The lowest BCUT2D eigenvalue weighted by Gasteiger charge is -2.34. The molecule has 15 heteroatoms. The molecule has 2 atom stereocenters. The molecule has 2 aliphatic rings. The predicted octanol–water partition coefficient (Wildman–Crippen LogP) is 3.47. The maximum atomic E-state index is 13.5. The lowest BCUT2D eigenvalue weighted by atomic mass is 9.97. The molecule has 4 N–H and O–H groups in total. The molecule has 4 rings (SSSR count). The number of urea groups is 1. The molecule has 3 heterocycles. The SMILES string of the molecule is C=CC(=O)N1CCC[C@@H](C(=O)Nc2n[nH]c3c2CN(C(=O)N[C@H](CN(C)C)c2ccccc2)C3(C)C)C1.O=C(O)C(F)(F)F. The van der Waals surface area contributed by atoms with Gasteiger partial charge in [0.2, 0.25) is 11.8 Å². The molecule has 44 heavy (non-hydrogen) atoms. The Labute approximate surface area is 253 Å². The summed E-state index contributed by atoms with van der Waals surface area (Å²) in [5.41, 5.74) is 1.99. The number of nitrogens with one attached hydrogen (secondary N) is 3. The number of likely N-dealkylation sites (N-methyl/N-ethyl adjacent to an activating group) is 1. The number of aromatic amines is 1. The Balaban J connectivity index is 0.000000676. The molecule has 0 aliphatic carbocycles. The van der Waals surface area contributed by atoms with Crippen molar-refractivity contribution in [3.8, 4) is 0 Å². The highest BCUT2D eigenvalue weighted by Crippen LogP contribution is 2.41. The van der Waals surface area contributed by atoms with Crippen LogP contribution in [0, 0.1) is 5.92 Å². The largest absolute Gasteiger partial charge is 0.490 e. The third kappa shape index (κ3) is 8.15. The average molecular weight is 622 g/mol. The maximum absolute atomic E-state index is 13.5. The summed E-state index contributed by atoms with van der Waals surface area (Å²) < 4.78 is 31.7. The van der Waals surface area contributed by atoms with E-state index in [0.717, 1.165) is 23.2 Å². The van der Waals surface area contributed by atoms with Crippen LogP contribution < -0.4 is 10.6 Å². The fourth-order valence-corrected chi connectivity index (χ4v) is 5.20. The Hall–Kier alpha value is -4.40. The van der Waals surface area contributed by atoms with E-state index in [2.05, 4.69) is 27.4 Å². The van der Waals surface area contributed by atoms with Gasteiger partial charge >= 0.3 is 18.2 Å². The summed E-state index contributed by atoms with van der Waals surface area (Å²) in [4.78, 5) is 53.0. The van der Waals surface area contributed by atoms with E-state index in [1.165, 1.54) is 6.08 Å². The lowest BCUT2D eigenvalue weighted by Crippen LogP contribution is -2.48. The van der Waals surface area contributed by atoms with Gasteiger partial charge in [-0.15, -0.1) is 0 Å². The van der Waals surface area contributed by atoms with Gasteiger partial charge in [-0.25, -0.2) is 9.59 Å². The van der Waals surface area contributed by atoms with Crippen molar-refractivity contribution < 1.29 is 37.5 Å². The van der Waals surface area contributed by atoms with Crippen molar-refractivity contribution in [2.75, 3.05) is 39.0 Å². The number of aromatic nitrogens is 2. The van der Waals surface area contributed by atoms with Crippen molar-refractivity contribution in [1.29, 1.82) is 0 Å². The lowest BCUT2D eigenvalue weighted by molar-refractivity contribution is -0.192. The van der Waals surface area contributed by atoms with Crippen LogP contribution in [0.5, 0.6) is 0 Å². The number of alkyl halides is 3. The number of hydrogen-bond acceptors (Lipinski definition) is 6. The average Bonchev–Trinajstić information content (AvgIpc) is 3.49. The minimum absolute atomic E-state index is 0.162. The number of carboxylic acid groups (broad SMARTS) is 1. The second kappa shape index (κ2) is 13.9. The molecule has 4 amide bonds. The van der Waals surface area contributed by atoms with Gasteiger partial charge in [0.05, 0.1) is 29.7 Å². The molecule has 1 saturated heterocycles. The van der Waals surface area contributed by atoms with E-state index in [1.54, 1.807) is 9.80 Å². The van der Waals surface area contributed by atoms with Gasteiger partial charge in [0, 0.05) is 25.2 Å². The standard InChI is InChI=1S/C27H37N7O3.C2HF3O2/c1-6-22(35)33-14-10-13-19(15-33)25(36)29-24-20-16-34(27(2,3)23(20)30-31-24)26(37)28-21(17-32(4)5)18-11-8-7-9-12-18;3-2(4,5)1(6)7/h6-9,11-12,19,21H,1,10,13-17H2,2-5H3,(H,28,37)(H2,29,30,31,36);(H,6,7)/t19-,21-;/m1./s1. The summed E-state index contributed by atoms with van der Waals surface area (Å²) >= 11 is 0. The Morgan fingerprint density at radius 1 is 1.23 bits per heavy atom. The minimum atomic E-state index is -5.08. The van der Waals surface area contributed by atoms with E-state index in [1.807, 2.05) is 63.2 Å². The maximum Gasteiger partial charge on any atom is 0.490 e. The molecule has 0 unspecified atom stereocenters. The Morgan fingerprint density at radius 2 is 1.86 bits per heavy atom. The highest BCUT2D eigenvalue weighted by molar-refractivity contribution is 5.94. The van der Waals surface area contributed by atoms with Crippen molar-refractivity contribution in [3.05, 3.63) is 59.8 Å². The highest BCUT2D eigenvalue weighted by atomic mass is 19.4. The summed E-state index contributed by atoms with van der Waals surface area (Å²) in [5.74, 6) is -2.98. The molecule has 0 bridgehead atoms. The number of fused-ring (bicyclic) bond motifs is 1. The minimum Gasteiger partial charge on any atom is -0.475 e. The van der Waals surface area contributed by atoms with Crippen LogP contribution in [0.1, 0.15) is 49.6 Å². The summed E-state index contributed by atoms with van der Waals surface area (Å²) in [6.45, 7) is 9.43. The van der Waals surface area contributed by atoms with Crippen LogP contribution in [0.15, 0.2) is 43.0 Å². The number of rotatable bonds is 7. The van der Waals surface area contributed by atoms with Crippen LogP contribution in [0.4, 0.5) is 23.8 Å². The van der Waals surface area contributed by atoms with Gasteiger partial charge in [-0.3, -0.25) is 14.7 Å². The van der Waals surface area contributed by atoms with E-state index in [0.29, 0.717) is 38.4 Å². The topological polar surface area (TPSA) is 151 Å². The quantitative estimate of drug-likeness (QED) is 0.346. The zero-order valence-corrected chi connectivity index (χ0v) is 25.1. The van der Waals surface area contributed by atoms with E-state index in [9.17, 15) is 27.6 Å². The molecule has 240 valence electrons. The number of aliphatic carboxylic acids is 1. The van der Waals surface area contributed by atoms with Crippen LogP contribution in [0.25, 0.3) is 0 Å². The molecule has 1 aromatic carbocycles. The number of halogens is 3. The number of nitrogens with zero attached hydrogens (tertiary/aromatic N) is 4. The normalized spacial score (nSPS) is 18.0. The molecule has 1 aromatic heterocycles. The smallest absolute Gasteiger partial charge is 0.475 e. The van der Waals surface area contributed by atoms with Gasteiger partial charge in [0.25, 0.3) is 0 Å². The summed E-state index contributed by atoms with van der Waals surface area (Å²) in [5, 5.41) is 20.7. The Morgan fingerprint density at radius 3 is 2.43 bits per heavy atom. The van der Waals surface area contributed by atoms with Crippen LogP contribution >= 0.6 is 0 Å². The first kappa shape index (κ1) is 34.1. The van der Waals surface area contributed by atoms with E-state index in [4.69, 9.17) is 9.90 Å². The molecule has 1 fully saturated rings. The highest BCUT2D eigenvalue weighted by Gasteiger charge is 2.44. The van der Waals surface area contributed by atoms with E-state index >= 15 is 0 Å². The number of carboxylic acids is 1. The van der Waals surface area contributed by atoms with Gasteiger partial charge in [0.15, 0.2) is 5.82 Å². The van der Waals surface area contributed by atoms with Gasteiger partial charge in [-0.1, -0.05) is 36.9 Å². The number of piperidine rings is 1. The Kier molecular flexibility index (Phi) is 10.8. The van der Waals surface area contributed by atoms with Crippen LogP contribution in [-0.4, -0.2) is 93.7 Å². The molecule has 2 aliphatic heterocycles. The first-order chi connectivity index (χ1) is 20.6. The molecule has 0 radical (unpaired) electrons. The van der Waals surface area contributed by atoms with Crippen LogP contribution in [0.2, 0.25) is 0 Å². The number of amides is 4. The first-order valence-corrected chi connectivity index (χ1v) is 13.9. The molecule has 12 nitrogen and oxygen atoms in total. The van der Waals surface area contributed by atoms with E-state index < -0.39 is 17.7 Å². The van der Waals surface area contributed by atoms with Gasteiger partial charge in [-0.2, -0.15) is 18.3 Å². The zero-order chi connectivity index (χ0) is 32.8. The second-order valence-electron chi connectivity index (χ2n) is 11.4. The molecular weight excluding hydrogens is 583 g/mol. The van der Waals surface area contributed by atoms with Crippen molar-refractivity contribution in [1.82, 2.24) is 30.2 Å². The fourth-order valence-electron chi connectivity index (χ4n) is 5.20. The van der Waals surface area contributed by atoms with Gasteiger partial charge in [0.1, 0.15) is 0 Å². The zero-order valence-electron chi connectivity index (χ0n) is 25.1. The Bertz CT molecular complexity index is 1360. The number of anilines is 1. The summed E-state index contributed by atoms with van der Waals surface area (Å²) in [7, 11) is 3.96. The molecule has 2 aromatic rings. The van der Waals surface area contributed by atoms with Crippen molar-refractivity contribution in [3.63, 3.8) is 0 Å². The summed E-state index contributed by atoms with van der Waals surface area (Å²) in [6, 6.07) is 9.55. The third-order valence-electron chi connectivity index (χ3n) is 7.53. The number of likely N-dealkylation sites (tertiary alicyclic amines) is 1. The number of hydrogen-bond donors (Lipinski definition) is 4. The molecular formula is C29H38F3N7O5. The van der Waals surface area contributed by atoms with Crippen molar-refractivity contribution in [2.45, 2.75) is 51.0 Å².